The summed E-state index contributed by atoms with van der Waals surface area (Å²) in [4.78, 5) is 14.2. The first-order valence-corrected chi connectivity index (χ1v) is 11.5. The Hall–Kier alpha value is -3.43. The van der Waals surface area contributed by atoms with Crippen molar-refractivity contribution in [2.45, 2.75) is 40.7 Å². The Bertz CT molecular complexity index is 1310. The number of ether oxygens (including phenoxy) is 1. The lowest BCUT2D eigenvalue weighted by Crippen LogP contribution is -2.29. The van der Waals surface area contributed by atoms with E-state index in [4.69, 9.17) is 19.2 Å². The molecule has 3 aromatic rings. The minimum absolute atomic E-state index is 0.0674. The van der Waals surface area contributed by atoms with Crippen molar-refractivity contribution in [1.82, 2.24) is 20.4 Å². The fourth-order valence-electron chi connectivity index (χ4n) is 4.28. The molecule has 35 heavy (non-hydrogen) atoms. The highest BCUT2D eigenvalue weighted by Crippen LogP contribution is 2.36. The molecule has 1 atom stereocenters. The molecule has 0 radical (unpaired) electrons. The van der Waals surface area contributed by atoms with Gasteiger partial charge >= 0.3 is 0 Å². The maximum Gasteiger partial charge on any atom is 0.163 e. The Kier molecular flexibility index (Phi) is 7.09. The lowest BCUT2D eigenvalue weighted by Gasteiger charge is -2.16. The maximum absolute atomic E-state index is 15.1. The predicted octanol–water partition coefficient (Wildman–Crippen LogP) is 4.07. The molecule has 1 aromatic carbocycles. The topological polar surface area (TPSA) is 106 Å². The van der Waals surface area contributed by atoms with Crippen LogP contribution in [0.25, 0.3) is 28.2 Å². The summed E-state index contributed by atoms with van der Waals surface area (Å²) in [7, 11) is 1.75. The number of halogens is 1. The van der Waals surface area contributed by atoms with E-state index >= 15 is 4.39 Å². The zero-order valence-corrected chi connectivity index (χ0v) is 20.9. The molecule has 184 valence electrons. The average Bonchev–Trinajstić information content (AvgIpc) is 3.34. The van der Waals surface area contributed by atoms with E-state index in [0.29, 0.717) is 41.7 Å². The molecule has 0 unspecified atom stereocenters. The van der Waals surface area contributed by atoms with Gasteiger partial charge < -0.3 is 19.7 Å². The number of aryl methyl sites for hydroxylation is 2. The molecule has 2 aromatic heterocycles. The molecule has 0 fully saturated rings. The molecule has 0 saturated carbocycles. The van der Waals surface area contributed by atoms with Crippen LogP contribution >= 0.6 is 0 Å². The van der Waals surface area contributed by atoms with Crippen LogP contribution in [0.1, 0.15) is 36.6 Å². The second kappa shape index (κ2) is 10.1. The summed E-state index contributed by atoms with van der Waals surface area (Å²) in [6.07, 6.45) is -0.693. The first-order valence-electron chi connectivity index (χ1n) is 11.5. The van der Waals surface area contributed by atoms with Crippen molar-refractivity contribution in [3.63, 3.8) is 0 Å². The van der Waals surface area contributed by atoms with Crippen molar-refractivity contribution >= 4 is 11.3 Å². The van der Waals surface area contributed by atoms with E-state index in [2.05, 4.69) is 15.5 Å². The molecule has 4 rings (SSSR count). The molecular weight excluding hydrogens is 449 g/mol. The number of benzene rings is 1. The molecular formula is C26H30FN5O3. The number of nitrogens with zero attached hydrogens (tertiary/aromatic N) is 4. The van der Waals surface area contributed by atoms with Crippen LogP contribution < -0.4 is 10.1 Å². The fourth-order valence-corrected chi connectivity index (χ4v) is 4.28. The normalized spacial score (nSPS) is 14.5. The number of aromatic nitrogens is 3. The van der Waals surface area contributed by atoms with Gasteiger partial charge in [0.25, 0.3) is 0 Å². The predicted molar refractivity (Wildman–Crippen MR) is 133 cm³/mol. The van der Waals surface area contributed by atoms with Gasteiger partial charge in [0.2, 0.25) is 0 Å². The van der Waals surface area contributed by atoms with Gasteiger partial charge in [-0.25, -0.2) is 14.4 Å². The summed E-state index contributed by atoms with van der Waals surface area (Å²) in [6.45, 7) is 10.7. The lowest BCUT2D eigenvalue weighted by molar-refractivity contribution is 0.108. The number of rotatable bonds is 8. The van der Waals surface area contributed by atoms with Gasteiger partial charge in [-0.05, 0) is 65.4 Å². The first-order chi connectivity index (χ1) is 16.7. The molecule has 0 amide bonds. The number of nitrogens with one attached hydrogen (secondary N) is 1. The van der Waals surface area contributed by atoms with Crippen LogP contribution in [-0.2, 0) is 0 Å². The van der Waals surface area contributed by atoms with Crippen LogP contribution in [0.4, 0.5) is 4.39 Å². The number of allylic oxidation sites excluding steroid dienone is 1. The van der Waals surface area contributed by atoms with Gasteiger partial charge in [-0.15, -0.1) is 0 Å². The summed E-state index contributed by atoms with van der Waals surface area (Å²) in [5, 5.41) is 16.9. The van der Waals surface area contributed by atoms with Crippen LogP contribution in [0.15, 0.2) is 33.3 Å². The quantitative estimate of drug-likeness (QED) is 0.502. The van der Waals surface area contributed by atoms with E-state index in [1.807, 2.05) is 34.6 Å². The molecule has 0 saturated heterocycles. The maximum atomic E-state index is 15.1. The summed E-state index contributed by atoms with van der Waals surface area (Å²) in [6, 6.07) is 4.40. The average molecular weight is 480 g/mol. The molecule has 3 heterocycles. The molecule has 1 aliphatic rings. The SMILES string of the molecule is CNC[C@H](O)COc1ccc(F)c(-c2nc(C3=C(C)CN=C3C)c(C)c(-c3c(C)noc3C)n2)c1. The summed E-state index contributed by atoms with van der Waals surface area (Å²) >= 11 is 0. The van der Waals surface area contributed by atoms with Crippen molar-refractivity contribution in [2.24, 2.45) is 4.99 Å². The van der Waals surface area contributed by atoms with Crippen molar-refractivity contribution in [3.8, 4) is 28.4 Å². The van der Waals surface area contributed by atoms with Gasteiger partial charge in [0, 0.05) is 23.4 Å². The number of aliphatic hydroxyl groups excluding tert-OH is 1. The van der Waals surface area contributed by atoms with Gasteiger partial charge in [-0.1, -0.05) is 5.16 Å². The Labute approximate surface area is 204 Å². The van der Waals surface area contributed by atoms with Crippen LogP contribution in [0.3, 0.4) is 0 Å². The molecule has 0 spiro atoms. The molecule has 0 aliphatic carbocycles. The second-order valence-corrected chi connectivity index (χ2v) is 8.79. The van der Waals surface area contributed by atoms with Crippen LogP contribution in [0, 0.1) is 26.6 Å². The van der Waals surface area contributed by atoms with E-state index in [9.17, 15) is 5.11 Å². The van der Waals surface area contributed by atoms with E-state index in [1.165, 1.54) is 12.1 Å². The fraction of sp³-hybridized carbons (Fsp3) is 0.385. The van der Waals surface area contributed by atoms with Crippen molar-refractivity contribution in [1.29, 1.82) is 0 Å². The highest BCUT2D eigenvalue weighted by atomic mass is 19.1. The van der Waals surface area contributed by atoms with E-state index in [1.54, 1.807) is 13.1 Å². The largest absolute Gasteiger partial charge is 0.491 e. The van der Waals surface area contributed by atoms with Crippen molar-refractivity contribution in [2.75, 3.05) is 26.7 Å². The third-order valence-corrected chi connectivity index (χ3v) is 6.06. The third-order valence-electron chi connectivity index (χ3n) is 6.06. The molecule has 0 bridgehead atoms. The Morgan fingerprint density at radius 2 is 1.89 bits per heavy atom. The van der Waals surface area contributed by atoms with E-state index in [-0.39, 0.29) is 18.0 Å². The standard InChI is InChI=1S/C26H30FN5O3/c1-13-10-29-15(3)22(13)24-14(2)25(23-16(4)32-35-17(23)5)31-26(30-24)20-9-19(7-8-21(20)27)34-12-18(33)11-28-6/h7-9,18,28,33H,10-12H2,1-6H3/t18-/m0/s1. The zero-order chi connectivity index (χ0) is 25.3. The summed E-state index contributed by atoms with van der Waals surface area (Å²) in [5.41, 5.74) is 6.77. The molecule has 9 heteroatoms. The summed E-state index contributed by atoms with van der Waals surface area (Å²) < 4.78 is 26.2. The number of likely N-dealkylation sites (N-methyl/N-ethyl adjacent to an activating group) is 1. The smallest absolute Gasteiger partial charge is 0.163 e. The summed E-state index contributed by atoms with van der Waals surface area (Å²) in [5.74, 6) is 0.782. The van der Waals surface area contributed by atoms with E-state index < -0.39 is 11.9 Å². The first kappa shape index (κ1) is 24.7. The molecule has 8 nitrogen and oxygen atoms in total. The minimum Gasteiger partial charge on any atom is -0.491 e. The number of aliphatic hydroxyl groups is 1. The van der Waals surface area contributed by atoms with Crippen molar-refractivity contribution < 1.29 is 18.8 Å². The van der Waals surface area contributed by atoms with Crippen LogP contribution in [0.2, 0.25) is 0 Å². The van der Waals surface area contributed by atoms with Gasteiger partial charge in [0.15, 0.2) is 5.82 Å². The number of hydrogen-bond donors (Lipinski definition) is 2. The van der Waals surface area contributed by atoms with Crippen LogP contribution in [0.5, 0.6) is 5.75 Å². The zero-order valence-electron chi connectivity index (χ0n) is 20.9. The van der Waals surface area contributed by atoms with Gasteiger partial charge in [-0.2, -0.15) is 0 Å². The van der Waals surface area contributed by atoms with Crippen LogP contribution in [-0.4, -0.2) is 58.8 Å². The monoisotopic (exact) mass is 479 g/mol. The number of hydrogen-bond acceptors (Lipinski definition) is 8. The lowest BCUT2D eigenvalue weighted by atomic mass is 9.96. The Morgan fingerprint density at radius 1 is 1.14 bits per heavy atom. The second-order valence-electron chi connectivity index (χ2n) is 8.79. The van der Waals surface area contributed by atoms with Gasteiger partial charge in [0.05, 0.1) is 34.8 Å². The van der Waals surface area contributed by atoms with Gasteiger partial charge in [-0.3, -0.25) is 4.99 Å². The Balaban J connectivity index is 1.88. The highest BCUT2D eigenvalue weighted by Gasteiger charge is 2.26. The van der Waals surface area contributed by atoms with Crippen molar-refractivity contribution in [3.05, 3.63) is 52.3 Å². The minimum atomic E-state index is -0.693. The number of aliphatic imine (C=N–C) groups is 1. The van der Waals surface area contributed by atoms with Gasteiger partial charge in [0.1, 0.15) is 30.0 Å². The third kappa shape index (κ3) is 4.87. The molecule has 1 aliphatic heterocycles. The molecule has 2 N–H and O–H groups in total. The van der Waals surface area contributed by atoms with E-state index in [0.717, 1.165) is 28.0 Å². The Morgan fingerprint density at radius 3 is 2.51 bits per heavy atom. The highest BCUT2D eigenvalue weighted by molar-refractivity contribution is 6.25.